The van der Waals surface area contributed by atoms with Crippen LogP contribution in [-0.4, -0.2) is 36.2 Å². The van der Waals surface area contributed by atoms with E-state index in [1.54, 1.807) is 13.0 Å². The minimum Gasteiger partial charge on any atom is -0.744 e. The van der Waals surface area contributed by atoms with Gasteiger partial charge in [-0.1, -0.05) is 49.6 Å². The highest BCUT2D eigenvalue weighted by Gasteiger charge is 2.19. The molecule has 0 aliphatic heterocycles. The van der Waals surface area contributed by atoms with Gasteiger partial charge in [-0.15, -0.1) is 0 Å². The molecular weight excluding hydrogens is 456 g/mol. The van der Waals surface area contributed by atoms with Crippen LogP contribution in [0.1, 0.15) is 12.5 Å². The van der Waals surface area contributed by atoms with Gasteiger partial charge in [0.05, 0.1) is 11.9 Å². The molecule has 3 aromatic rings. The van der Waals surface area contributed by atoms with Gasteiger partial charge in [0, 0.05) is 5.57 Å². The fourth-order valence-electron chi connectivity index (χ4n) is 2.70. The van der Waals surface area contributed by atoms with E-state index in [0.29, 0.717) is 12.1 Å². The van der Waals surface area contributed by atoms with E-state index in [9.17, 15) is 17.8 Å². The summed E-state index contributed by atoms with van der Waals surface area (Å²) in [6, 6.07) is 15.0. The predicted molar refractivity (Wildman–Crippen MR) is 127 cm³/mol. The maximum atomic E-state index is 11.8. The molecule has 0 saturated carbocycles. The topological polar surface area (TPSA) is 102 Å². The molecule has 34 heavy (non-hydrogen) atoms. The smallest absolute Gasteiger partial charge is 0.333 e. The minimum absolute atomic E-state index is 0.215. The Hall–Kier alpha value is -3.69. The first-order valence-corrected chi connectivity index (χ1v) is 11.7. The number of hydrogen-bond donors (Lipinski definition) is 0. The SMILES string of the molecule is C=C(C)C(=O)OC(COc1ccccc1)Cn1cc[n+](C)c1.C=Cc1ccc(S(=O)(=O)[O-])cc1. The van der Waals surface area contributed by atoms with Crippen molar-refractivity contribution in [2.75, 3.05) is 6.61 Å². The Kier molecular flexibility index (Phi) is 9.78. The quantitative estimate of drug-likeness (QED) is 0.200. The molecule has 1 unspecified atom stereocenters. The van der Waals surface area contributed by atoms with Gasteiger partial charge in [-0.25, -0.2) is 22.3 Å². The van der Waals surface area contributed by atoms with Crippen LogP contribution < -0.4 is 9.30 Å². The molecule has 0 spiro atoms. The van der Waals surface area contributed by atoms with E-state index >= 15 is 0 Å². The lowest BCUT2D eigenvalue weighted by atomic mass is 10.2. The Labute approximate surface area is 200 Å². The number of esters is 1. The normalized spacial score (nSPS) is 11.5. The summed E-state index contributed by atoms with van der Waals surface area (Å²) >= 11 is 0. The molecule has 0 amide bonds. The van der Waals surface area contributed by atoms with Crippen LogP contribution in [0, 0.1) is 0 Å². The van der Waals surface area contributed by atoms with Crippen molar-refractivity contribution in [2.45, 2.75) is 24.5 Å². The van der Waals surface area contributed by atoms with Crippen molar-refractivity contribution in [3.63, 3.8) is 0 Å². The summed E-state index contributed by atoms with van der Waals surface area (Å²) < 4.78 is 46.4. The summed E-state index contributed by atoms with van der Waals surface area (Å²) in [4.78, 5) is 11.6. The zero-order valence-electron chi connectivity index (χ0n) is 19.2. The fraction of sp³-hybridized carbons (Fsp3) is 0.200. The van der Waals surface area contributed by atoms with Gasteiger partial charge in [0.25, 0.3) is 0 Å². The summed E-state index contributed by atoms with van der Waals surface area (Å²) in [5.41, 5.74) is 1.16. The average Bonchev–Trinajstić information content (AvgIpc) is 3.22. The second kappa shape index (κ2) is 12.5. The summed E-state index contributed by atoms with van der Waals surface area (Å²) in [5, 5.41) is 0. The maximum Gasteiger partial charge on any atom is 0.333 e. The van der Waals surface area contributed by atoms with Gasteiger partial charge in [-0.3, -0.25) is 0 Å². The Morgan fingerprint density at radius 1 is 1.18 bits per heavy atom. The van der Waals surface area contributed by atoms with E-state index < -0.39 is 22.2 Å². The molecule has 1 aromatic heterocycles. The third-order valence-electron chi connectivity index (χ3n) is 4.44. The summed E-state index contributed by atoms with van der Waals surface area (Å²) in [7, 11) is -2.38. The molecule has 0 bridgehead atoms. The van der Waals surface area contributed by atoms with E-state index in [-0.39, 0.29) is 11.5 Å². The number of aromatic nitrogens is 2. The largest absolute Gasteiger partial charge is 0.744 e. The van der Waals surface area contributed by atoms with Crippen molar-refractivity contribution >= 4 is 22.2 Å². The molecule has 0 aliphatic carbocycles. The molecule has 2 aromatic carbocycles. The zero-order chi connectivity index (χ0) is 25.1. The van der Waals surface area contributed by atoms with Crippen molar-refractivity contribution in [1.82, 2.24) is 4.57 Å². The summed E-state index contributed by atoms with van der Waals surface area (Å²) in [6.07, 6.45) is 6.95. The van der Waals surface area contributed by atoms with E-state index in [2.05, 4.69) is 13.2 Å². The van der Waals surface area contributed by atoms with Crippen LogP contribution in [0.4, 0.5) is 0 Å². The van der Waals surface area contributed by atoms with Crippen molar-refractivity contribution in [1.29, 1.82) is 0 Å². The van der Waals surface area contributed by atoms with Gasteiger partial charge < -0.3 is 14.0 Å². The second-order valence-electron chi connectivity index (χ2n) is 7.43. The Morgan fingerprint density at radius 2 is 1.82 bits per heavy atom. The van der Waals surface area contributed by atoms with Crippen LogP contribution in [0.25, 0.3) is 6.08 Å². The Bertz CT molecular complexity index is 1200. The number of carbonyl (C=O) groups is 1. The van der Waals surface area contributed by atoms with E-state index in [1.807, 2.05) is 65.2 Å². The molecule has 1 heterocycles. The third kappa shape index (κ3) is 9.05. The highest BCUT2D eigenvalue weighted by molar-refractivity contribution is 7.85. The van der Waals surface area contributed by atoms with E-state index in [4.69, 9.17) is 9.47 Å². The van der Waals surface area contributed by atoms with Gasteiger partial charge in [0.15, 0.2) is 6.10 Å². The molecule has 8 nitrogen and oxygen atoms in total. The maximum absolute atomic E-state index is 11.8. The number of benzene rings is 2. The van der Waals surface area contributed by atoms with Crippen LogP contribution in [0.5, 0.6) is 5.75 Å². The lowest BCUT2D eigenvalue weighted by Gasteiger charge is -2.17. The average molecular weight is 485 g/mol. The molecule has 1 atom stereocenters. The van der Waals surface area contributed by atoms with Gasteiger partial charge in [0.1, 0.15) is 41.4 Å². The highest BCUT2D eigenvalue weighted by Crippen LogP contribution is 2.11. The lowest BCUT2D eigenvalue weighted by Crippen LogP contribution is -2.31. The predicted octanol–water partition coefficient (Wildman–Crippen LogP) is 3.11. The number of carbonyl (C=O) groups excluding carboxylic acids is 1. The molecule has 0 radical (unpaired) electrons. The Morgan fingerprint density at radius 3 is 2.32 bits per heavy atom. The number of ether oxygens (including phenoxy) is 2. The molecule has 0 fully saturated rings. The third-order valence-corrected chi connectivity index (χ3v) is 5.29. The van der Waals surface area contributed by atoms with Crippen LogP contribution in [0.15, 0.2) is 96.9 Å². The van der Waals surface area contributed by atoms with Crippen LogP contribution in [0.3, 0.4) is 0 Å². The van der Waals surface area contributed by atoms with E-state index in [0.717, 1.165) is 11.3 Å². The van der Waals surface area contributed by atoms with Gasteiger partial charge >= 0.3 is 5.97 Å². The molecular formula is C25H28N2O6S. The number of imidazole rings is 1. The lowest BCUT2D eigenvalue weighted by molar-refractivity contribution is -0.671. The van der Waals surface area contributed by atoms with Gasteiger partial charge in [0.2, 0.25) is 6.33 Å². The summed E-state index contributed by atoms with van der Waals surface area (Å²) in [5.74, 6) is 0.343. The van der Waals surface area contributed by atoms with Crippen LogP contribution in [-0.2, 0) is 33.2 Å². The fourth-order valence-corrected chi connectivity index (χ4v) is 3.17. The first kappa shape index (κ1) is 26.6. The van der Waals surface area contributed by atoms with Crippen LogP contribution >= 0.6 is 0 Å². The van der Waals surface area contributed by atoms with Gasteiger partial charge in [-0.2, -0.15) is 0 Å². The molecule has 3 rings (SSSR count). The van der Waals surface area contributed by atoms with E-state index in [1.165, 1.54) is 24.3 Å². The monoisotopic (exact) mass is 484 g/mol. The van der Waals surface area contributed by atoms with Crippen molar-refractivity contribution in [3.05, 3.63) is 97.6 Å². The van der Waals surface area contributed by atoms with Crippen molar-refractivity contribution in [3.8, 4) is 5.75 Å². The van der Waals surface area contributed by atoms with Crippen molar-refractivity contribution in [2.24, 2.45) is 7.05 Å². The van der Waals surface area contributed by atoms with Gasteiger partial charge in [-0.05, 0) is 36.8 Å². The number of hydrogen-bond acceptors (Lipinski definition) is 6. The Balaban J connectivity index is 0.000000287. The molecule has 0 N–H and O–H groups in total. The molecule has 0 saturated heterocycles. The van der Waals surface area contributed by atoms with Crippen molar-refractivity contribution < 1.29 is 31.8 Å². The number of nitrogens with zero attached hydrogens (tertiary/aromatic N) is 2. The minimum atomic E-state index is -4.31. The first-order valence-electron chi connectivity index (χ1n) is 10.3. The number of para-hydroxylation sites is 1. The second-order valence-corrected chi connectivity index (χ2v) is 8.81. The highest BCUT2D eigenvalue weighted by atomic mass is 32.2. The zero-order valence-corrected chi connectivity index (χ0v) is 20.0. The number of aryl methyl sites for hydroxylation is 1. The summed E-state index contributed by atoms with van der Waals surface area (Å²) in [6.45, 7) is 9.54. The standard InChI is InChI=1S/C17H21N2O3.C8H8O3S/c1-14(2)17(20)22-16(11-19-10-9-18(3)13-19)12-21-15-7-5-4-6-8-15;1-2-7-3-5-8(6-4-7)12(9,10)11/h4-10,13,16H,1,11-12H2,2-3H3;2-6H,1H2,(H,9,10,11)/q+1;/p-1. The molecule has 180 valence electrons. The first-order chi connectivity index (χ1) is 16.1. The molecule has 9 heteroatoms. The van der Waals surface area contributed by atoms with Crippen LogP contribution in [0.2, 0.25) is 0 Å². The molecule has 0 aliphatic rings. The number of rotatable bonds is 9.